The van der Waals surface area contributed by atoms with Crippen LogP contribution in [-0.2, 0) is 10.1 Å². The first-order chi connectivity index (χ1) is 13.6. The predicted molar refractivity (Wildman–Crippen MR) is 111 cm³/mol. The first kappa shape index (κ1) is 27.3. The van der Waals surface area contributed by atoms with Crippen molar-refractivity contribution in [2.75, 3.05) is 17.6 Å². The summed E-state index contributed by atoms with van der Waals surface area (Å²) in [4.78, 5) is 10.8. The molecule has 1 aromatic carbocycles. The Kier molecular flexibility index (Phi) is 14.2. The first-order valence-electron chi connectivity index (χ1n) is 10.0. The molecule has 0 saturated carbocycles. The second-order valence-electron chi connectivity index (χ2n) is 6.78. The van der Waals surface area contributed by atoms with Crippen LogP contribution in [0.2, 0.25) is 0 Å². The molecule has 0 spiro atoms. The van der Waals surface area contributed by atoms with E-state index in [-0.39, 0.29) is 11.4 Å². The van der Waals surface area contributed by atoms with Gasteiger partial charge in [-0.1, -0.05) is 58.8 Å². The molecule has 168 valence electrons. The third-order valence-corrected chi connectivity index (χ3v) is 5.04. The SMILES string of the molecule is CCCCCCCCCCNc1ccc(F)c(C(=O)O)c1F.CCCS(=O)(=O)O. The van der Waals surface area contributed by atoms with Crippen molar-refractivity contribution in [1.29, 1.82) is 0 Å². The fraction of sp³-hybridized carbons (Fsp3) is 0.650. The molecule has 0 aliphatic carbocycles. The fourth-order valence-corrected chi connectivity index (χ4v) is 3.14. The monoisotopic (exact) mass is 437 g/mol. The van der Waals surface area contributed by atoms with Crippen LogP contribution < -0.4 is 5.32 Å². The van der Waals surface area contributed by atoms with Gasteiger partial charge >= 0.3 is 5.97 Å². The van der Waals surface area contributed by atoms with Crippen molar-refractivity contribution >= 4 is 21.8 Å². The highest BCUT2D eigenvalue weighted by Gasteiger charge is 2.19. The second-order valence-corrected chi connectivity index (χ2v) is 8.35. The number of halogens is 2. The minimum atomic E-state index is -3.67. The van der Waals surface area contributed by atoms with Gasteiger partial charge in [-0.15, -0.1) is 0 Å². The molecular weight excluding hydrogens is 404 g/mol. The number of hydrogen-bond donors (Lipinski definition) is 3. The first-order valence-corrected chi connectivity index (χ1v) is 11.6. The minimum Gasteiger partial charge on any atom is -0.477 e. The number of hydrogen-bond acceptors (Lipinski definition) is 4. The van der Waals surface area contributed by atoms with E-state index in [0.717, 1.165) is 25.3 Å². The van der Waals surface area contributed by atoms with Gasteiger partial charge in [-0.05, 0) is 25.0 Å². The zero-order valence-corrected chi connectivity index (χ0v) is 18.0. The maximum atomic E-state index is 13.8. The van der Waals surface area contributed by atoms with Crippen molar-refractivity contribution in [3.05, 3.63) is 29.3 Å². The Hall–Kier alpha value is -1.74. The van der Waals surface area contributed by atoms with E-state index >= 15 is 0 Å². The normalized spacial score (nSPS) is 10.9. The summed E-state index contributed by atoms with van der Waals surface area (Å²) in [5.74, 6) is -3.81. The molecule has 3 N–H and O–H groups in total. The van der Waals surface area contributed by atoms with Gasteiger partial charge in [0.15, 0.2) is 5.82 Å². The standard InChI is InChI=1S/C17H25F2NO2.C3H8O3S/c1-2-3-4-5-6-7-8-9-12-20-14-11-10-13(18)15(16(14)19)17(21)22;1-2-3-7(4,5)6/h10-11,20H,2-9,12H2,1H3,(H,21,22);2-3H2,1H3,(H,4,5,6). The number of carbonyl (C=O) groups is 1. The van der Waals surface area contributed by atoms with Gasteiger partial charge in [-0.2, -0.15) is 8.42 Å². The third kappa shape index (κ3) is 13.2. The van der Waals surface area contributed by atoms with E-state index in [2.05, 4.69) is 12.2 Å². The molecule has 0 fully saturated rings. The lowest BCUT2D eigenvalue weighted by Crippen LogP contribution is -2.10. The average molecular weight is 438 g/mol. The maximum Gasteiger partial charge on any atom is 0.341 e. The lowest BCUT2D eigenvalue weighted by atomic mass is 10.1. The molecule has 0 aliphatic rings. The molecular formula is C20H33F2NO5S. The van der Waals surface area contributed by atoms with Crippen LogP contribution in [0.15, 0.2) is 12.1 Å². The summed E-state index contributed by atoms with van der Waals surface area (Å²) in [5.41, 5.74) is -0.859. The smallest absolute Gasteiger partial charge is 0.341 e. The Morgan fingerprint density at radius 2 is 1.52 bits per heavy atom. The fourth-order valence-electron chi connectivity index (χ4n) is 2.62. The Morgan fingerprint density at radius 3 is 1.97 bits per heavy atom. The highest BCUT2D eigenvalue weighted by atomic mass is 32.2. The van der Waals surface area contributed by atoms with Crippen molar-refractivity contribution in [1.82, 2.24) is 0 Å². The predicted octanol–water partition coefficient (Wildman–Crippen LogP) is 5.50. The van der Waals surface area contributed by atoms with Crippen LogP contribution in [0.3, 0.4) is 0 Å². The van der Waals surface area contributed by atoms with Gasteiger partial charge in [0.05, 0.1) is 11.4 Å². The molecule has 0 unspecified atom stereocenters. The van der Waals surface area contributed by atoms with Crippen LogP contribution in [-0.4, -0.2) is 36.3 Å². The van der Waals surface area contributed by atoms with Crippen LogP contribution in [0.4, 0.5) is 14.5 Å². The largest absolute Gasteiger partial charge is 0.477 e. The highest BCUT2D eigenvalue weighted by Crippen LogP contribution is 2.21. The molecule has 0 aliphatic heterocycles. The van der Waals surface area contributed by atoms with Crippen LogP contribution in [0.25, 0.3) is 0 Å². The molecule has 1 aromatic rings. The van der Waals surface area contributed by atoms with E-state index < -0.39 is 33.3 Å². The van der Waals surface area contributed by atoms with Crippen molar-refractivity contribution in [2.24, 2.45) is 0 Å². The lowest BCUT2D eigenvalue weighted by molar-refractivity contribution is 0.0686. The summed E-state index contributed by atoms with van der Waals surface area (Å²) in [6.07, 6.45) is 9.84. The van der Waals surface area contributed by atoms with Crippen LogP contribution in [0.5, 0.6) is 0 Å². The lowest BCUT2D eigenvalue weighted by Gasteiger charge is -2.09. The maximum absolute atomic E-state index is 13.8. The van der Waals surface area contributed by atoms with E-state index in [0.29, 0.717) is 13.0 Å². The Morgan fingerprint density at radius 1 is 0.966 bits per heavy atom. The van der Waals surface area contributed by atoms with Gasteiger partial charge in [0, 0.05) is 6.54 Å². The van der Waals surface area contributed by atoms with E-state index in [9.17, 15) is 22.0 Å². The van der Waals surface area contributed by atoms with Gasteiger partial charge < -0.3 is 10.4 Å². The number of carboxylic acids is 1. The molecule has 9 heteroatoms. The topological polar surface area (TPSA) is 104 Å². The molecule has 6 nitrogen and oxygen atoms in total. The molecule has 0 saturated heterocycles. The molecule has 0 atom stereocenters. The van der Waals surface area contributed by atoms with Gasteiger partial charge in [0.2, 0.25) is 0 Å². The number of carboxylic acid groups (broad SMARTS) is 1. The summed E-state index contributed by atoms with van der Waals surface area (Å²) in [5, 5.41) is 11.6. The molecule has 0 amide bonds. The average Bonchev–Trinajstić information content (AvgIpc) is 2.61. The van der Waals surface area contributed by atoms with Crippen molar-refractivity contribution < 1.29 is 31.7 Å². The van der Waals surface area contributed by atoms with E-state index in [1.54, 1.807) is 6.92 Å². The molecule has 29 heavy (non-hydrogen) atoms. The van der Waals surface area contributed by atoms with E-state index in [1.807, 2.05) is 0 Å². The number of nitrogens with one attached hydrogen (secondary N) is 1. The molecule has 0 bridgehead atoms. The zero-order chi connectivity index (χ0) is 22.3. The molecule has 1 rings (SSSR count). The second kappa shape index (κ2) is 15.1. The van der Waals surface area contributed by atoms with E-state index in [1.165, 1.54) is 38.2 Å². The van der Waals surface area contributed by atoms with Crippen molar-refractivity contribution in [3.8, 4) is 0 Å². The van der Waals surface area contributed by atoms with Gasteiger partial charge in [-0.3, -0.25) is 4.55 Å². The summed E-state index contributed by atoms with van der Waals surface area (Å²) in [6, 6.07) is 2.21. The molecule has 0 heterocycles. The number of benzene rings is 1. The quantitative estimate of drug-likeness (QED) is 0.278. The Bertz CT molecular complexity index is 711. The summed E-state index contributed by atoms with van der Waals surface area (Å²) in [7, 11) is -3.67. The van der Waals surface area contributed by atoms with Gasteiger partial charge in [0.25, 0.3) is 10.1 Å². The van der Waals surface area contributed by atoms with Crippen LogP contribution in [0, 0.1) is 11.6 Å². The summed E-state index contributed by atoms with van der Waals surface area (Å²) >= 11 is 0. The van der Waals surface area contributed by atoms with Crippen molar-refractivity contribution in [2.45, 2.75) is 71.6 Å². The Balaban J connectivity index is 0.000000956. The number of aromatic carboxylic acids is 1. The number of anilines is 1. The number of rotatable bonds is 13. The van der Waals surface area contributed by atoms with Gasteiger partial charge in [-0.25, -0.2) is 13.6 Å². The minimum absolute atomic E-state index is 0.0433. The highest BCUT2D eigenvalue weighted by molar-refractivity contribution is 7.85. The summed E-state index contributed by atoms with van der Waals surface area (Å²) < 4.78 is 54.7. The third-order valence-electron chi connectivity index (χ3n) is 4.11. The molecule has 0 radical (unpaired) electrons. The zero-order valence-electron chi connectivity index (χ0n) is 17.2. The molecule has 0 aromatic heterocycles. The van der Waals surface area contributed by atoms with Crippen LogP contribution >= 0.6 is 0 Å². The number of unbranched alkanes of at least 4 members (excludes halogenated alkanes) is 7. The summed E-state index contributed by atoms with van der Waals surface area (Å²) in [6.45, 7) is 4.43. The van der Waals surface area contributed by atoms with Gasteiger partial charge in [0.1, 0.15) is 11.4 Å². The van der Waals surface area contributed by atoms with Crippen molar-refractivity contribution in [3.63, 3.8) is 0 Å². The van der Waals surface area contributed by atoms with E-state index in [4.69, 9.17) is 9.66 Å². The van der Waals surface area contributed by atoms with Crippen LogP contribution in [0.1, 0.15) is 82.0 Å². The Labute approximate surface area is 172 Å².